The Morgan fingerprint density at radius 1 is 0.875 bits per heavy atom. The van der Waals surface area contributed by atoms with Crippen molar-refractivity contribution in [2.24, 2.45) is 0 Å². The molecule has 0 aliphatic carbocycles. The van der Waals surface area contributed by atoms with E-state index in [9.17, 15) is 34.5 Å². The van der Waals surface area contributed by atoms with E-state index in [1.165, 1.54) is 11.1 Å². The smallest absolute Gasteiger partial charge is 0.418 e. The number of H-pyrrole nitrogens is 1. The fourth-order valence-electron chi connectivity index (χ4n) is 1.54. The molecule has 24 heavy (non-hydrogen) atoms. The molecule has 0 unspecified atom stereocenters. The molecule has 1 aliphatic rings. The standard InChI is InChI=1S/C12H15N2.2BF4/c1-14(2)9-5-12(6-10-14)11-3-7-13-8-4-11;2*2-1(3,4)5/h3-9H,10H2,1-2H3;;/q+1;2*-1/p+1. The van der Waals surface area contributed by atoms with Crippen LogP contribution in [0.5, 0.6) is 0 Å². The molecule has 1 aromatic heterocycles. The third kappa shape index (κ3) is 15.1. The summed E-state index contributed by atoms with van der Waals surface area (Å²) < 4.78 is 78.9. The van der Waals surface area contributed by atoms with Gasteiger partial charge in [0, 0.05) is 12.1 Å². The van der Waals surface area contributed by atoms with Gasteiger partial charge in [-0.25, -0.2) is 4.98 Å². The number of aromatic nitrogens is 1. The van der Waals surface area contributed by atoms with Crippen LogP contribution >= 0.6 is 0 Å². The molecule has 1 N–H and O–H groups in total. The Bertz CT molecular complexity index is 528. The highest BCUT2D eigenvalue weighted by atomic mass is 19.5. The van der Waals surface area contributed by atoms with E-state index in [2.05, 4.69) is 49.6 Å². The summed E-state index contributed by atoms with van der Waals surface area (Å²) >= 11 is 0. The summed E-state index contributed by atoms with van der Waals surface area (Å²) in [5.74, 6) is 0. The van der Waals surface area contributed by atoms with E-state index in [0.29, 0.717) is 0 Å². The zero-order chi connectivity index (χ0) is 19.0. The van der Waals surface area contributed by atoms with Crippen LogP contribution in [0.4, 0.5) is 34.5 Å². The van der Waals surface area contributed by atoms with Gasteiger partial charge in [0.1, 0.15) is 6.54 Å². The highest BCUT2D eigenvalue weighted by Gasteiger charge is 2.21. The molecule has 2 heterocycles. The second kappa shape index (κ2) is 8.86. The summed E-state index contributed by atoms with van der Waals surface area (Å²) in [6, 6.07) is 4.20. The van der Waals surface area contributed by atoms with Crippen LogP contribution in [0.15, 0.2) is 42.9 Å². The number of likely N-dealkylation sites (N-methyl/N-ethyl adjacent to an activating group) is 1. The number of quaternary nitrogens is 1. The minimum absolute atomic E-state index is 0.933. The number of allylic oxidation sites excluding steroid dienone is 2. The quantitative estimate of drug-likeness (QED) is 0.406. The van der Waals surface area contributed by atoms with Gasteiger partial charge in [-0.05, 0) is 23.3 Å². The van der Waals surface area contributed by atoms with E-state index in [1.807, 2.05) is 12.4 Å². The molecule has 2 nitrogen and oxygen atoms in total. The van der Waals surface area contributed by atoms with Gasteiger partial charge in [0.25, 0.3) is 0 Å². The van der Waals surface area contributed by atoms with Crippen LogP contribution in [-0.2, 0) is 0 Å². The molecule has 0 atom stereocenters. The molecule has 1 aromatic rings. The largest absolute Gasteiger partial charge is 0.673 e. The summed E-state index contributed by atoms with van der Waals surface area (Å²) in [4.78, 5) is 3.03. The van der Waals surface area contributed by atoms with Crippen molar-refractivity contribution in [3.8, 4) is 0 Å². The summed E-state index contributed by atoms with van der Waals surface area (Å²) in [6.45, 7) is 1.06. The lowest BCUT2D eigenvalue weighted by atomic mass is 10.0. The number of pyridine rings is 1. The summed E-state index contributed by atoms with van der Waals surface area (Å²) in [5.41, 5.74) is 2.59. The molecule has 0 bridgehead atoms. The number of hydrogen-bond donors (Lipinski definition) is 0. The zero-order valence-electron chi connectivity index (χ0n) is 12.9. The van der Waals surface area contributed by atoms with Gasteiger partial charge in [-0.15, -0.1) is 0 Å². The van der Waals surface area contributed by atoms with Crippen LogP contribution in [0.1, 0.15) is 5.56 Å². The Hall–Kier alpha value is -1.84. The average Bonchev–Trinajstić information content (AvgIpc) is 2.36. The van der Waals surface area contributed by atoms with E-state index in [4.69, 9.17) is 0 Å². The van der Waals surface area contributed by atoms with Crippen molar-refractivity contribution in [2.45, 2.75) is 0 Å². The first-order valence-electron chi connectivity index (χ1n) is 6.60. The normalized spacial score (nSPS) is 16.2. The summed E-state index contributed by atoms with van der Waals surface area (Å²) in [6.07, 6.45) is 10.6. The van der Waals surface area contributed by atoms with Crippen LogP contribution < -0.4 is 4.98 Å². The third-order valence-electron chi connectivity index (χ3n) is 2.49. The van der Waals surface area contributed by atoms with Crippen LogP contribution in [0.3, 0.4) is 0 Å². The number of halogens is 8. The van der Waals surface area contributed by atoms with Gasteiger partial charge in [-0.3, -0.25) is 4.48 Å². The number of aromatic amines is 1. The molecule has 136 valence electrons. The topological polar surface area (TPSA) is 14.1 Å². The van der Waals surface area contributed by atoms with E-state index in [0.717, 1.165) is 11.0 Å². The Kier molecular flexibility index (Phi) is 8.18. The first kappa shape index (κ1) is 22.2. The lowest BCUT2D eigenvalue weighted by molar-refractivity contribution is -0.833. The van der Waals surface area contributed by atoms with E-state index in [1.54, 1.807) is 0 Å². The molecule has 12 heteroatoms. The van der Waals surface area contributed by atoms with E-state index in [-0.39, 0.29) is 0 Å². The lowest BCUT2D eigenvalue weighted by Gasteiger charge is -2.26. The molecular weight excluding hydrogens is 346 g/mol. The van der Waals surface area contributed by atoms with Gasteiger partial charge in [0.2, 0.25) is 0 Å². The first-order valence-corrected chi connectivity index (χ1v) is 6.60. The van der Waals surface area contributed by atoms with Gasteiger partial charge in [-0.1, -0.05) is 0 Å². The molecule has 0 radical (unpaired) electrons. The fraction of sp³-hybridized carbons (Fsp3) is 0.250. The van der Waals surface area contributed by atoms with Gasteiger partial charge >= 0.3 is 14.5 Å². The summed E-state index contributed by atoms with van der Waals surface area (Å²) in [5, 5.41) is 0. The van der Waals surface area contributed by atoms with E-state index < -0.39 is 14.5 Å². The van der Waals surface area contributed by atoms with Crippen LogP contribution in [0.2, 0.25) is 0 Å². The molecule has 2 rings (SSSR count). The van der Waals surface area contributed by atoms with Crippen molar-refractivity contribution in [2.75, 3.05) is 20.6 Å². The maximum Gasteiger partial charge on any atom is 0.673 e. The Labute approximate surface area is 134 Å². The molecule has 0 spiro atoms. The van der Waals surface area contributed by atoms with Crippen molar-refractivity contribution >= 4 is 20.1 Å². The molecule has 0 fully saturated rings. The maximum absolute atomic E-state index is 9.75. The van der Waals surface area contributed by atoms with Gasteiger partial charge in [-0.2, -0.15) is 0 Å². The van der Waals surface area contributed by atoms with Crippen LogP contribution in [-0.4, -0.2) is 39.6 Å². The molecule has 0 saturated heterocycles. The third-order valence-corrected chi connectivity index (χ3v) is 2.49. The monoisotopic (exact) mass is 362 g/mol. The van der Waals surface area contributed by atoms with Gasteiger partial charge in [0.05, 0.1) is 20.3 Å². The predicted octanol–water partition coefficient (Wildman–Crippen LogP) is 4.09. The Morgan fingerprint density at radius 3 is 1.62 bits per heavy atom. The number of nitrogens with one attached hydrogen (secondary N) is 1. The number of hydrogen-bond acceptors (Lipinski definition) is 0. The second-order valence-corrected chi connectivity index (χ2v) is 5.21. The average molecular weight is 362 g/mol. The Balaban J connectivity index is 0.000000442. The van der Waals surface area contributed by atoms with Crippen molar-refractivity contribution in [3.05, 3.63) is 48.4 Å². The zero-order valence-corrected chi connectivity index (χ0v) is 12.9. The summed E-state index contributed by atoms with van der Waals surface area (Å²) in [7, 11) is -7.61. The predicted molar refractivity (Wildman–Crippen MR) is 77.5 cm³/mol. The van der Waals surface area contributed by atoms with Gasteiger partial charge < -0.3 is 34.5 Å². The minimum atomic E-state index is -6.00. The lowest BCUT2D eigenvalue weighted by Crippen LogP contribution is -2.34. The molecule has 0 aromatic carbocycles. The highest BCUT2D eigenvalue weighted by Crippen LogP contribution is 2.20. The number of rotatable bonds is 1. The second-order valence-electron chi connectivity index (χ2n) is 5.21. The van der Waals surface area contributed by atoms with Crippen molar-refractivity contribution in [3.63, 3.8) is 0 Å². The highest BCUT2D eigenvalue weighted by molar-refractivity contribution is 6.50. The van der Waals surface area contributed by atoms with Crippen LogP contribution in [0, 0.1) is 0 Å². The molecule has 1 aliphatic heterocycles. The molecule has 0 amide bonds. The van der Waals surface area contributed by atoms with Crippen molar-refractivity contribution in [1.82, 2.24) is 0 Å². The number of nitrogens with zero attached hydrogens (tertiary/aromatic N) is 1. The minimum Gasteiger partial charge on any atom is -0.418 e. The fourth-order valence-corrected chi connectivity index (χ4v) is 1.54. The van der Waals surface area contributed by atoms with Crippen molar-refractivity contribution < 1.29 is 44.0 Å². The molecular formula is C12H16B2F8N2. The van der Waals surface area contributed by atoms with Crippen molar-refractivity contribution in [1.29, 1.82) is 0 Å². The van der Waals surface area contributed by atoms with Crippen LogP contribution in [0.25, 0.3) is 5.57 Å². The SMILES string of the molecule is C[N+]1(C)C=CC(c2cc[nH+]cc2)=CC1.F[B-](F)(F)F.F[B-](F)(F)F. The maximum atomic E-state index is 9.75. The van der Waals surface area contributed by atoms with E-state index >= 15 is 0 Å². The Morgan fingerprint density at radius 2 is 1.29 bits per heavy atom. The first-order chi connectivity index (χ1) is 10.7. The molecule has 0 saturated carbocycles. The van der Waals surface area contributed by atoms with Gasteiger partial charge in [0.15, 0.2) is 12.4 Å².